The molecule has 1 N–H and O–H groups in total. The SMILES string of the molecule is O=C1C[C@@H](c2ccccc2)C(=O)N1C[NH+]1CCOCC1. The Bertz CT molecular complexity index is 497. The van der Waals surface area contributed by atoms with E-state index in [1.807, 2.05) is 30.3 Å². The van der Waals surface area contributed by atoms with Gasteiger partial charge in [-0.15, -0.1) is 0 Å². The fourth-order valence-electron chi connectivity index (χ4n) is 2.84. The molecule has 0 unspecified atom stereocenters. The Balaban J connectivity index is 1.70. The van der Waals surface area contributed by atoms with E-state index in [9.17, 15) is 9.59 Å². The number of carbonyl (C=O) groups excluding carboxylic acids is 2. The number of carbonyl (C=O) groups is 2. The maximum atomic E-state index is 12.5. The minimum Gasteiger partial charge on any atom is -0.370 e. The number of amides is 2. The third kappa shape index (κ3) is 2.59. The van der Waals surface area contributed by atoms with Crippen LogP contribution in [0.4, 0.5) is 0 Å². The van der Waals surface area contributed by atoms with Crippen LogP contribution in [-0.2, 0) is 14.3 Å². The molecule has 3 rings (SSSR count). The van der Waals surface area contributed by atoms with Gasteiger partial charge >= 0.3 is 0 Å². The predicted molar refractivity (Wildman–Crippen MR) is 72.0 cm³/mol. The second-order valence-electron chi connectivity index (χ2n) is 5.35. The number of nitrogens with one attached hydrogen (secondary N) is 1. The number of likely N-dealkylation sites (tertiary alicyclic amines) is 1. The lowest BCUT2D eigenvalue weighted by Gasteiger charge is -2.27. The van der Waals surface area contributed by atoms with Gasteiger partial charge in [-0.05, 0) is 5.56 Å². The van der Waals surface area contributed by atoms with Crippen molar-refractivity contribution in [2.75, 3.05) is 33.0 Å². The van der Waals surface area contributed by atoms with Gasteiger partial charge in [-0.1, -0.05) is 30.3 Å². The highest BCUT2D eigenvalue weighted by atomic mass is 16.5. The zero-order valence-electron chi connectivity index (χ0n) is 11.4. The van der Waals surface area contributed by atoms with Crippen molar-refractivity contribution in [1.29, 1.82) is 0 Å². The zero-order chi connectivity index (χ0) is 13.9. The lowest BCUT2D eigenvalue weighted by Crippen LogP contribution is -3.15. The van der Waals surface area contributed by atoms with Crippen LogP contribution in [0.2, 0.25) is 0 Å². The first-order valence-corrected chi connectivity index (χ1v) is 7.06. The van der Waals surface area contributed by atoms with Crippen molar-refractivity contribution < 1.29 is 19.2 Å². The van der Waals surface area contributed by atoms with E-state index in [1.54, 1.807) is 0 Å². The van der Waals surface area contributed by atoms with E-state index in [1.165, 1.54) is 9.80 Å². The van der Waals surface area contributed by atoms with E-state index in [-0.39, 0.29) is 17.7 Å². The molecule has 0 radical (unpaired) electrons. The maximum absolute atomic E-state index is 12.5. The first-order valence-electron chi connectivity index (χ1n) is 7.06. The van der Waals surface area contributed by atoms with Crippen LogP contribution in [0.1, 0.15) is 17.9 Å². The first-order chi connectivity index (χ1) is 9.75. The Morgan fingerprint density at radius 1 is 1.15 bits per heavy atom. The van der Waals surface area contributed by atoms with Gasteiger partial charge in [0.15, 0.2) is 6.67 Å². The highest BCUT2D eigenvalue weighted by Gasteiger charge is 2.41. The molecule has 2 saturated heterocycles. The molecular formula is C15H19N2O3+. The zero-order valence-corrected chi connectivity index (χ0v) is 11.4. The van der Waals surface area contributed by atoms with Crippen molar-refractivity contribution in [2.24, 2.45) is 0 Å². The Hall–Kier alpha value is -1.72. The fourth-order valence-corrected chi connectivity index (χ4v) is 2.84. The summed E-state index contributed by atoms with van der Waals surface area (Å²) in [7, 11) is 0. The molecule has 2 heterocycles. The third-order valence-electron chi connectivity index (χ3n) is 4.03. The van der Waals surface area contributed by atoms with Gasteiger partial charge in [0.05, 0.1) is 19.1 Å². The summed E-state index contributed by atoms with van der Waals surface area (Å²) in [5.41, 5.74) is 0.935. The number of hydrogen-bond donors (Lipinski definition) is 1. The number of nitrogens with zero attached hydrogens (tertiary/aromatic N) is 1. The van der Waals surface area contributed by atoms with Crippen molar-refractivity contribution in [1.82, 2.24) is 4.90 Å². The Morgan fingerprint density at radius 2 is 1.85 bits per heavy atom. The Labute approximate surface area is 118 Å². The van der Waals surface area contributed by atoms with Gasteiger partial charge in [-0.25, -0.2) is 4.90 Å². The molecule has 5 heteroatoms. The number of rotatable bonds is 3. The van der Waals surface area contributed by atoms with Crippen LogP contribution in [-0.4, -0.2) is 49.7 Å². The molecule has 1 atom stereocenters. The highest BCUT2D eigenvalue weighted by Crippen LogP contribution is 2.28. The van der Waals surface area contributed by atoms with E-state index in [2.05, 4.69) is 0 Å². The van der Waals surface area contributed by atoms with Crippen molar-refractivity contribution in [2.45, 2.75) is 12.3 Å². The average Bonchev–Trinajstić information content (AvgIpc) is 2.77. The molecule has 1 aromatic carbocycles. The molecule has 106 valence electrons. The Kier molecular flexibility index (Phi) is 3.80. The van der Waals surface area contributed by atoms with Crippen LogP contribution in [0.3, 0.4) is 0 Å². The third-order valence-corrected chi connectivity index (χ3v) is 4.03. The van der Waals surface area contributed by atoms with Crippen LogP contribution < -0.4 is 4.90 Å². The predicted octanol–water partition coefficient (Wildman–Crippen LogP) is -0.598. The highest BCUT2D eigenvalue weighted by molar-refractivity contribution is 6.06. The summed E-state index contributed by atoms with van der Waals surface area (Å²) in [5.74, 6) is -0.410. The number of imide groups is 1. The van der Waals surface area contributed by atoms with Crippen molar-refractivity contribution in [3.63, 3.8) is 0 Å². The van der Waals surface area contributed by atoms with Crippen LogP contribution in [0.25, 0.3) is 0 Å². The van der Waals surface area contributed by atoms with Gasteiger partial charge in [0, 0.05) is 6.42 Å². The first kappa shape index (κ1) is 13.3. The molecule has 2 aliphatic rings. The van der Waals surface area contributed by atoms with E-state index < -0.39 is 0 Å². The summed E-state index contributed by atoms with van der Waals surface area (Å²) in [5, 5.41) is 0. The summed E-state index contributed by atoms with van der Waals surface area (Å²) in [4.78, 5) is 27.2. The van der Waals surface area contributed by atoms with E-state index in [4.69, 9.17) is 4.74 Å². The smallest absolute Gasteiger partial charge is 0.241 e. The molecule has 20 heavy (non-hydrogen) atoms. The summed E-state index contributed by atoms with van der Waals surface area (Å²) in [6, 6.07) is 9.56. The topological polar surface area (TPSA) is 51.0 Å². The van der Waals surface area contributed by atoms with Gasteiger partial charge in [-0.3, -0.25) is 9.59 Å². The lowest BCUT2D eigenvalue weighted by atomic mass is 9.98. The van der Waals surface area contributed by atoms with Gasteiger partial charge in [0.2, 0.25) is 11.8 Å². The molecule has 2 aliphatic heterocycles. The molecule has 5 nitrogen and oxygen atoms in total. The molecular weight excluding hydrogens is 256 g/mol. The molecule has 1 aromatic rings. The van der Waals surface area contributed by atoms with Crippen LogP contribution in [0.15, 0.2) is 30.3 Å². The van der Waals surface area contributed by atoms with Crippen LogP contribution >= 0.6 is 0 Å². The minimum absolute atomic E-state index is 0.0529. The second-order valence-corrected chi connectivity index (χ2v) is 5.35. The van der Waals surface area contributed by atoms with Crippen LogP contribution in [0.5, 0.6) is 0 Å². The van der Waals surface area contributed by atoms with Crippen LogP contribution in [0, 0.1) is 0 Å². The normalized spacial score (nSPS) is 24.4. The molecule has 0 saturated carbocycles. The molecule has 0 spiro atoms. The Morgan fingerprint density at radius 3 is 2.55 bits per heavy atom. The molecule has 2 amide bonds. The molecule has 0 bridgehead atoms. The molecule has 0 aliphatic carbocycles. The van der Waals surface area contributed by atoms with E-state index in [0.29, 0.717) is 26.3 Å². The number of hydrogen-bond acceptors (Lipinski definition) is 3. The van der Waals surface area contributed by atoms with Gasteiger partial charge < -0.3 is 9.64 Å². The summed E-state index contributed by atoms with van der Waals surface area (Å²) < 4.78 is 5.30. The number of ether oxygens (including phenoxy) is 1. The standard InChI is InChI=1S/C15H18N2O3/c18-14-10-13(12-4-2-1-3-5-12)15(19)17(14)11-16-6-8-20-9-7-16/h1-5,13H,6-11H2/p+1/t13-/m0/s1. The number of morpholine rings is 1. The van der Waals surface area contributed by atoms with E-state index in [0.717, 1.165) is 18.7 Å². The quantitative estimate of drug-likeness (QED) is 0.750. The largest absolute Gasteiger partial charge is 0.370 e. The maximum Gasteiger partial charge on any atom is 0.241 e. The minimum atomic E-state index is -0.302. The van der Waals surface area contributed by atoms with Crippen molar-refractivity contribution in [3.8, 4) is 0 Å². The second kappa shape index (κ2) is 5.73. The monoisotopic (exact) mass is 275 g/mol. The van der Waals surface area contributed by atoms with Gasteiger partial charge in [-0.2, -0.15) is 0 Å². The average molecular weight is 275 g/mol. The van der Waals surface area contributed by atoms with Gasteiger partial charge in [0.25, 0.3) is 0 Å². The van der Waals surface area contributed by atoms with Gasteiger partial charge in [0.1, 0.15) is 13.1 Å². The summed E-state index contributed by atoms with van der Waals surface area (Å²) in [6.07, 6.45) is 0.298. The molecule has 0 aromatic heterocycles. The van der Waals surface area contributed by atoms with E-state index >= 15 is 0 Å². The summed E-state index contributed by atoms with van der Waals surface area (Å²) >= 11 is 0. The summed E-state index contributed by atoms with van der Waals surface area (Å²) in [6.45, 7) is 3.59. The lowest BCUT2D eigenvalue weighted by molar-refractivity contribution is -0.915. The number of quaternary nitrogens is 1. The van der Waals surface area contributed by atoms with Crippen molar-refractivity contribution >= 4 is 11.8 Å². The van der Waals surface area contributed by atoms with Crippen molar-refractivity contribution in [3.05, 3.63) is 35.9 Å². The molecule has 2 fully saturated rings. The number of benzene rings is 1. The fraction of sp³-hybridized carbons (Fsp3) is 0.467.